The Hall–Kier alpha value is -2.57. The van der Waals surface area contributed by atoms with E-state index in [1.165, 1.54) is 6.07 Å². The molecule has 0 radical (unpaired) electrons. The van der Waals surface area contributed by atoms with E-state index < -0.39 is 11.6 Å². The Morgan fingerprint density at radius 2 is 2.04 bits per heavy atom. The molecule has 2 aromatic heterocycles. The fourth-order valence-corrected chi connectivity index (χ4v) is 2.84. The van der Waals surface area contributed by atoms with E-state index in [1.54, 1.807) is 10.6 Å². The van der Waals surface area contributed by atoms with Crippen LogP contribution < -0.4 is 5.32 Å². The largest absolute Gasteiger partial charge is 0.362 e. The van der Waals surface area contributed by atoms with E-state index in [0.29, 0.717) is 29.4 Å². The standard InChI is InChI=1S/C17H17F2N5/c1-2-14(12-9-11(18)5-6-13(12)19)20-15-7-8-16-21-22-17(10-3-4-10)24(16)23-15/h5-10,14H,2-4H2,1H3,(H,20,23). The van der Waals surface area contributed by atoms with E-state index in [1.807, 2.05) is 13.0 Å². The fraction of sp³-hybridized carbons (Fsp3) is 0.353. The highest BCUT2D eigenvalue weighted by atomic mass is 19.1. The Kier molecular flexibility index (Phi) is 3.63. The van der Waals surface area contributed by atoms with Gasteiger partial charge in [0.05, 0.1) is 6.04 Å². The van der Waals surface area contributed by atoms with E-state index >= 15 is 0 Å². The van der Waals surface area contributed by atoms with Crippen molar-refractivity contribution >= 4 is 11.5 Å². The lowest BCUT2D eigenvalue weighted by Crippen LogP contribution is -2.14. The Balaban J connectivity index is 1.66. The molecule has 1 aliphatic carbocycles. The first-order chi connectivity index (χ1) is 11.7. The van der Waals surface area contributed by atoms with E-state index in [0.717, 1.165) is 30.8 Å². The lowest BCUT2D eigenvalue weighted by Gasteiger charge is -2.18. The van der Waals surface area contributed by atoms with Crippen molar-refractivity contribution in [3.8, 4) is 0 Å². The lowest BCUT2D eigenvalue weighted by atomic mass is 10.0. The third-order valence-corrected chi connectivity index (χ3v) is 4.29. The average molecular weight is 329 g/mol. The molecule has 1 fully saturated rings. The normalized spacial score (nSPS) is 15.6. The third kappa shape index (κ3) is 2.70. The van der Waals surface area contributed by atoms with Crippen molar-refractivity contribution in [1.29, 1.82) is 0 Å². The highest BCUT2D eigenvalue weighted by molar-refractivity contribution is 5.46. The molecule has 124 valence electrons. The number of halogens is 2. The van der Waals surface area contributed by atoms with Crippen LogP contribution in [0.25, 0.3) is 5.65 Å². The second-order valence-corrected chi connectivity index (χ2v) is 6.09. The van der Waals surface area contributed by atoms with E-state index in [2.05, 4.69) is 20.6 Å². The number of fused-ring (bicyclic) bond motifs is 1. The van der Waals surface area contributed by atoms with E-state index in [-0.39, 0.29) is 6.04 Å². The molecule has 1 saturated carbocycles. The van der Waals surface area contributed by atoms with Gasteiger partial charge in [-0.05, 0) is 49.6 Å². The van der Waals surface area contributed by atoms with Crippen LogP contribution in [0.2, 0.25) is 0 Å². The first-order valence-electron chi connectivity index (χ1n) is 8.09. The summed E-state index contributed by atoms with van der Waals surface area (Å²) in [5, 5.41) is 16.0. The van der Waals surface area contributed by atoms with Crippen LogP contribution in [0.4, 0.5) is 14.6 Å². The molecule has 0 spiro atoms. The first-order valence-corrected chi connectivity index (χ1v) is 8.09. The summed E-state index contributed by atoms with van der Waals surface area (Å²) in [5.41, 5.74) is 0.984. The highest BCUT2D eigenvalue weighted by Gasteiger charge is 2.29. The van der Waals surface area contributed by atoms with Gasteiger partial charge in [0.2, 0.25) is 0 Å². The molecule has 1 unspecified atom stereocenters. The van der Waals surface area contributed by atoms with Crippen LogP contribution in [-0.2, 0) is 0 Å². The lowest BCUT2D eigenvalue weighted by molar-refractivity contribution is 0.566. The number of rotatable bonds is 5. The minimum atomic E-state index is -0.454. The van der Waals surface area contributed by atoms with Crippen molar-refractivity contribution in [2.24, 2.45) is 0 Å². The van der Waals surface area contributed by atoms with Crippen LogP contribution in [0.5, 0.6) is 0 Å². The SMILES string of the molecule is CCC(Nc1ccc2nnc(C3CC3)n2n1)c1cc(F)ccc1F. The maximum absolute atomic E-state index is 14.0. The molecule has 3 aromatic rings. The topological polar surface area (TPSA) is 55.1 Å². The summed E-state index contributed by atoms with van der Waals surface area (Å²) in [6.45, 7) is 1.91. The molecule has 0 bridgehead atoms. The van der Waals surface area contributed by atoms with Gasteiger partial charge >= 0.3 is 0 Å². The Morgan fingerprint density at radius 3 is 2.79 bits per heavy atom. The summed E-state index contributed by atoms with van der Waals surface area (Å²) in [5.74, 6) is 0.980. The maximum Gasteiger partial charge on any atom is 0.178 e. The number of hydrogen-bond donors (Lipinski definition) is 1. The molecule has 0 aliphatic heterocycles. The molecule has 24 heavy (non-hydrogen) atoms. The van der Waals surface area contributed by atoms with Gasteiger partial charge in [-0.2, -0.15) is 4.52 Å². The van der Waals surface area contributed by atoms with E-state index in [4.69, 9.17) is 0 Å². The fourth-order valence-electron chi connectivity index (χ4n) is 2.84. The summed E-state index contributed by atoms with van der Waals surface area (Å²) in [7, 11) is 0. The second-order valence-electron chi connectivity index (χ2n) is 6.09. The quantitative estimate of drug-likeness (QED) is 0.772. The van der Waals surface area contributed by atoms with Gasteiger partial charge < -0.3 is 5.32 Å². The molecule has 1 atom stereocenters. The van der Waals surface area contributed by atoms with Crippen molar-refractivity contribution in [3.05, 3.63) is 53.4 Å². The van der Waals surface area contributed by atoms with Crippen LogP contribution in [0.15, 0.2) is 30.3 Å². The van der Waals surface area contributed by atoms with Gasteiger partial charge in [-0.25, -0.2) is 8.78 Å². The molecule has 1 aliphatic rings. The van der Waals surface area contributed by atoms with Crippen LogP contribution in [0.3, 0.4) is 0 Å². The molecule has 1 N–H and O–H groups in total. The van der Waals surface area contributed by atoms with Gasteiger partial charge in [-0.3, -0.25) is 0 Å². The number of aromatic nitrogens is 4. The molecule has 2 heterocycles. The Labute approximate surface area is 137 Å². The zero-order valence-corrected chi connectivity index (χ0v) is 13.2. The predicted octanol–water partition coefficient (Wildman–Crippen LogP) is 3.84. The number of benzene rings is 1. The Morgan fingerprint density at radius 1 is 1.21 bits per heavy atom. The highest BCUT2D eigenvalue weighted by Crippen LogP contribution is 2.38. The average Bonchev–Trinajstić information content (AvgIpc) is 3.34. The van der Waals surface area contributed by atoms with Crippen LogP contribution in [0.1, 0.15) is 49.5 Å². The number of anilines is 1. The molecule has 0 amide bonds. The van der Waals surface area contributed by atoms with Crippen molar-refractivity contribution in [1.82, 2.24) is 19.8 Å². The van der Waals surface area contributed by atoms with Gasteiger partial charge in [0.1, 0.15) is 17.5 Å². The second kappa shape index (κ2) is 5.81. The van der Waals surface area contributed by atoms with Gasteiger partial charge in [0, 0.05) is 11.5 Å². The van der Waals surface area contributed by atoms with E-state index in [9.17, 15) is 8.78 Å². The van der Waals surface area contributed by atoms with Gasteiger partial charge in [-0.15, -0.1) is 15.3 Å². The maximum atomic E-state index is 14.0. The molecule has 4 rings (SSSR count). The number of nitrogens with zero attached hydrogens (tertiary/aromatic N) is 4. The summed E-state index contributed by atoms with van der Waals surface area (Å²) in [6.07, 6.45) is 2.80. The van der Waals surface area contributed by atoms with Crippen molar-refractivity contribution in [3.63, 3.8) is 0 Å². The Bertz CT molecular complexity index is 888. The summed E-state index contributed by atoms with van der Waals surface area (Å²) < 4.78 is 29.2. The molecular weight excluding hydrogens is 312 g/mol. The minimum absolute atomic E-state index is 0.297. The summed E-state index contributed by atoms with van der Waals surface area (Å²) >= 11 is 0. The number of hydrogen-bond acceptors (Lipinski definition) is 4. The van der Waals surface area contributed by atoms with Crippen molar-refractivity contribution < 1.29 is 8.78 Å². The minimum Gasteiger partial charge on any atom is -0.362 e. The summed E-state index contributed by atoms with van der Waals surface area (Å²) in [6, 6.07) is 6.73. The van der Waals surface area contributed by atoms with Crippen LogP contribution in [0, 0.1) is 11.6 Å². The molecular formula is C17H17F2N5. The van der Waals surface area contributed by atoms with Crippen molar-refractivity contribution in [2.45, 2.75) is 38.1 Å². The molecule has 0 saturated heterocycles. The molecule has 1 aromatic carbocycles. The number of nitrogens with one attached hydrogen (secondary N) is 1. The third-order valence-electron chi connectivity index (χ3n) is 4.29. The zero-order chi connectivity index (χ0) is 16.7. The van der Waals surface area contributed by atoms with Gasteiger partial charge in [0.25, 0.3) is 0 Å². The summed E-state index contributed by atoms with van der Waals surface area (Å²) in [4.78, 5) is 0. The molecule has 5 nitrogen and oxygen atoms in total. The van der Waals surface area contributed by atoms with Gasteiger partial charge in [0.15, 0.2) is 11.5 Å². The predicted molar refractivity (Wildman–Crippen MR) is 85.8 cm³/mol. The van der Waals surface area contributed by atoms with Crippen molar-refractivity contribution in [2.75, 3.05) is 5.32 Å². The zero-order valence-electron chi connectivity index (χ0n) is 13.2. The smallest absolute Gasteiger partial charge is 0.178 e. The van der Waals surface area contributed by atoms with Crippen LogP contribution in [-0.4, -0.2) is 19.8 Å². The first kappa shape index (κ1) is 15.0. The van der Waals surface area contributed by atoms with Gasteiger partial charge in [-0.1, -0.05) is 6.92 Å². The van der Waals surface area contributed by atoms with Crippen LogP contribution >= 0.6 is 0 Å². The molecule has 7 heteroatoms. The monoisotopic (exact) mass is 329 g/mol.